The molecule has 1 unspecified atom stereocenters. The van der Waals surface area contributed by atoms with Crippen molar-refractivity contribution in [1.82, 2.24) is 4.90 Å². The average molecular weight is 295 g/mol. The Kier molecular flexibility index (Phi) is 3.38. The summed E-state index contributed by atoms with van der Waals surface area (Å²) < 4.78 is 23.0. The van der Waals surface area contributed by atoms with Gasteiger partial charge in [-0.3, -0.25) is 0 Å². The molecule has 0 aliphatic carbocycles. The van der Waals surface area contributed by atoms with Crippen molar-refractivity contribution in [1.29, 1.82) is 0 Å². The lowest BCUT2D eigenvalue weighted by atomic mass is 9.84. The van der Waals surface area contributed by atoms with Crippen molar-refractivity contribution < 1.29 is 8.42 Å². The van der Waals surface area contributed by atoms with E-state index in [4.69, 9.17) is 5.73 Å². The fourth-order valence-corrected chi connectivity index (χ4v) is 3.89. The van der Waals surface area contributed by atoms with Gasteiger partial charge in [0, 0.05) is 18.8 Å². The third-order valence-corrected chi connectivity index (χ3v) is 5.56. The minimum absolute atomic E-state index is 0.273. The van der Waals surface area contributed by atoms with Crippen molar-refractivity contribution >= 4 is 21.2 Å². The lowest BCUT2D eigenvalue weighted by Crippen LogP contribution is -2.53. The SMILES string of the molecule is CS(=O)(=O)c1ccc(NC2CN3CCC2CC3)c(N)c1. The molecule has 3 aliphatic rings. The molecule has 0 spiro atoms. The number of nitrogens with two attached hydrogens (primary N) is 1. The van der Waals surface area contributed by atoms with E-state index in [2.05, 4.69) is 10.2 Å². The quantitative estimate of drug-likeness (QED) is 0.819. The molecule has 1 atom stereocenters. The molecule has 0 saturated carbocycles. The second-order valence-corrected chi connectivity index (χ2v) is 7.93. The van der Waals surface area contributed by atoms with Crippen molar-refractivity contribution in [3.63, 3.8) is 0 Å². The van der Waals surface area contributed by atoms with Crippen LogP contribution in [0.15, 0.2) is 23.1 Å². The highest BCUT2D eigenvalue weighted by molar-refractivity contribution is 7.90. The molecule has 3 N–H and O–H groups in total. The van der Waals surface area contributed by atoms with Gasteiger partial charge in [0.25, 0.3) is 0 Å². The van der Waals surface area contributed by atoms with E-state index >= 15 is 0 Å². The van der Waals surface area contributed by atoms with Crippen molar-refractivity contribution in [2.24, 2.45) is 5.92 Å². The monoisotopic (exact) mass is 295 g/mol. The van der Waals surface area contributed by atoms with Gasteiger partial charge in [-0.2, -0.15) is 0 Å². The molecule has 110 valence electrons. The molecule has 3 fully saturated rings. The summed E-state index contributed by atoms with van der Waals surface area (Å²) in [5, 5.41) is 3.50. The summed E-state index contributed by atoms with van der Waals surface area (Å²) in [6.07, 6.45) is 3.67. The Bertz CT molecular complexity index is 607. The zero-order valence-corrected chi connectivity index (χ0v) is 12.5. The number of nitrogens with zero attached hydrogens (tertiary/aromatic N) is 1. The van der Waals surface area contributed by atoms with E-state index in [0.717, 1.165) is 12.2 Å². The molecule has 3 saturated heterocycles. The second kappa shape index (κ2) is 4.93. The predicted octanol–water partition coefficient (Wildman–Crippen LogP) is 1.18. The van der Waals surface area contributed by atoms with Gasteiger partial charge in [-0.05, 0) is 50.0 Å². The third kappa shape index (κ3) is 2.62. The maximum atomic E-state index is 11.5. The van der Waals surface area contributed by atoms with Crippen LogP contribution in [0.25, 0.3) is 0 Å². The Morgan fingerprint density at radius 3 is 2.50 bits per heavy atom. The van der Waals surface area contributed by atoms with Crippen LogP contribution >= 0.6 is 0 Å². The molecule has 1 aromatic carbocycles. The fraction of sp³-hybridized carbons (Fsp3) is 0.571. The number of nitrogens with one attached hydrogen (secondary N) is 1. The van der Waals surface area contributed by atoms with Gasteiger partial charge in [0.1, 0.15) is 0 Å². The maximum Gasteiger partial charge on any atom is 0.175 e. The fourth-order valence-electron chi connectivity index (χ4n) is 3.23. The number of anilines is 2. The van der Waals surface area contributed by atoms with Crippen molar-refractivity contribution in [3.8, 4) is 0 Å². The zero-order chi connectivity index (χ0) is 14.3. The summed E-state index contributed by atoms with van der Waals surface area (Å²) in [4.78, 5) is 2.74. The molecule has 2 bridgehead atoms. The topological polar surface area (TPSA) is 75.4 Å². The predicted molar refractivity (Wildman–Crippen MR) is 80.5 cm³/mol. The minimum Gasteiger partial charge on any atom is -0.397 e. The van der Waals surface area contributed by atoms with Crippen LogP contribution in [0.1, 0.15) is 12.8 Å². The molecule has 4 rings (SSSR count). The van der Waals surface area contributed by atoms with Crippen LogP contribution in [0, 0.1) is 5.92 Å². The molecule has 3 aliphatic heterocycles. The highest BCUT2D eigenvalue weighted by Crippen LogP contribution is 2.31. The van der Waals surface area contributed by atoms with Gasteiger partial charge >= 0.3 is 0 Å². The van der Waals surface area contributed by atoms with Gasteiger partial charge < -0.3 is 16.0 Å². The Balaban J connectivity index is 1.78. The largest absolute Gasteiger partial charge is 0.397 e. The molecule has 6 heteroatoms. The number of nitrogen functional groups attached to an aromatic ring is 1. The first kappa shape index (κ1) is 13.7. The Morgan fingerprint density at radius 1 is 1.30 bits per heavy atom. The van der Waals surface area contributed by atoms with Gasteiger partial charge in [-0.15, -0.1) is 0 Å². The van der Waals surface area contributed by atoms with Crippen LogP contribution < -0.4 is 11.1 Å². The lowest BCUT2D eigenvalue weighted by Gasteiger charge is -2.45. The lowest BCUT2D eigenvalue weighted by molar-refractivity contribution is 0.0975. The summed E-state index contributed by atoms with van der Waals surface area (Å²) in [7, 11) is -3.20. The van der Waals surface area contributed by atoms with Crippen LogP contribution in [-0.4, -0.2) is 45.2 Å². The van der Waals surface area contributed by atoms with E-state index in [9.17, 15) is 8.42 Å². The standard InChI is InChI=1S/C14H21N3O2S/c1-20(18,19)11-2-3-13(12(15)8-11)16-14-9-17-6-4-10(14)5-7-17/h2-3,8,10,14,16H,4-7,9,15H2,1H3. The molecule has 1 aromatic rings. The van der Waals surface area contributed by atoms with Gasteiger partial charge in [-0.1, -0.05) is 0 Å². The van der Waals surface area contributed by atoms with E-state index in [1.165, 1.54) is 32.2 Å². The number of rotatable bonds is 3. The summed E-state index contributed by atoms with van der Waals surface area (Å²) in [6.45, 7) is 3.45. The first-order chi connectivity index (χ1) is 9.43. The molecular formula is C14H21N3O2S. The normalized spacial score (nSPS) is 29.4. The number of hydrogen-bond acceptors (Lipinski definition) is 5. The highest BCUT2D eigenvalue weighted by atomic mass is 32.2. The number of fused-ring (bicyclic) bond motifs is 3. The molecule has 5 nitrogen and oxygen atoms in total. The van der Waals surface area contributed by atoms with Crippen LogP contribution in [-0.2, 0) is 9.84 Å². The van der Waals surface area contributed by atoms with Crippen molar-refractivity contribution in [3.05, 3.63) is 18.2 Å². The first-order valence-electron chi connectivity index (χ1n) is 7.02. The zero-order valence-electron chi connectivity index (χ0n) is 11.7. The average Bonchev–Trinajstić information content (AvgIpc) is 2.41. The van der Waals surface area contributed by atoms with Crippen LogP contribution in [0.3, 0.4) is 0 Å². The van der Waals surface area contributed by atoms with Gasteiger partial charge in [0.05, 0.1) is 16.3 Å². The Hall–Kier alpha value is -1.27. The molecule has 20 heavy (non-hydrogen) atoms. The number of piperidine rings is 3. The van der Waals surface area contributed by atoms with Crippen molar-refractivity contribution in [2.75, 3.05) is 36.9 Å². The van der Waals surface area contributed by atoms with E-state index < -0.39 is 9.84 Å². The Morgan fingerprint density at radius 2 is 2.00 bits per heavy atom. The van der Waals surface area contributed by atoms with E-state index in [0.29, 0.717) is 17.6 Å². The Labute approximate surface area is 120 Å². The van der Waals surface area contributed by atoms with Gasteiger partial charge in [-0.25, -0.2) is 8.42 Å². The van der Waals surface area contributed by atoms with Crippen LogP contribution in [0.2, 0.25) is 0 Å². The van der Waals surface area contributed by atoms with E-state index in [-0.39, 0.29) is 4.90 Å². The summed E-state index contributed by atoms with van der Waals surface area (Å²) in [6, 6.07) is 5.36. The maximum absolute atomic E-state index is 11.5. The van der Waals surface area contributed by atoms with Crippen LogP contribution in [0.5, 0.6) is 0 Å². The van der Waals surface area contributed by atoms with Gasteiger partial charge in [0.2, 0.25) is 0 Å². The molecule has 3 heterocycles. The number of benzene rings is 1. The highest BCUT2D eigenvalue weighted by Gasteiger charge is 2.34. The summed E-state index contributed by atoms with van der Waals surface area (Å²) in [5.74, 6) is 0.703. The minimum atomic E-state index is -3.20. The molecule has 0 amide bonds. The second-order valence-electron chi connectivity index (χ2n) is 5.91. The summed E-state index contributed by atoms with van der Waals surface area (Å²) >= 11 is 0. The molecular weight excluding hydrogens is 274 g/mol. The smallest absolute Gasteiger partial charge is 0.175 e. The third-order valence-electron chi connectivity index (χ3n) is 4.45. The number of hydrogen-bond donors (Lipinski definition) is 2. The molecule has 0 radical (unpaired) electrons. The van der Waals surface area contributed by atoms with E-state index in [1.54, 1.807) is 18.2 Å². The first-order valence-corrected chi connectivity index (χ1v) is 8.91. The van der Waals surface area contributed by atoms with Crippen molar-refractivity contribution in [2.45, 2.75) is 23.8 Å². The van der Waals surface area contributed by atoms with Crippen LogP contribution in [0.4, 0.5) is 11.4 Å². The van der Waals surface area contributed by atoms with Gasteiger partial charge in [0.15, 0.2) is 9.84 Å². The van der Waals surface area contributed by atoms with E-state index in [1.807, 2.05) is 0 Å². The summed E-state index contributed by atoms with van der Waals surface area (Å²) in [5.41, 5.74) is 7.34. The number of sulfone groups is 1. The molecule has 0 aromatic heterocycles.